The van der Waals surface area contributed by atoms with Gasteiger partial charge in [0.1, 0.15) is 6.10 Å². The fourth-order valence-electron chi connectivity index (χ4n) is 5.10. The third kappa shape index (κ3) is 4.16. The van der Waals surface area contributed by atoms with E-state index in [0.29, 0.717) is 13.2 Å². The van der Waals surface area contributed by atoms with Crippen LogP contribution in [0.25, 0.3) is 4.85 Å². The molecule has 0 aromatic heterocycles. The monoisotopic (exact) mass is 451 g/mol. The largest absolute Gasteiger partial charge is 0.405 e. The van der Waals surface area contributed by atoms with Gasteiger partial charge in [-0.25, -0.2) is 6.57 Å². The van der Waals surface area contributed by atoms with Crippen molar-refractivity contribution in [2.45, 2.75) is 63.9 Å². The molecule has 0 saturated carbocycles. The first-order valence-corrected chi connectivity index (χ1v) is 13.2. The van der Waals surface area contributed by atoms with E-state index in [0.717, 1.165) is 0 Å². The van der Waals surface area contributed by atoms with E-state index in [1.54, 1.807) is 0 Å². The minimum atomic E-state index is -2.67. The lowest BCUT2D eigenvalue weighted by Gasteiger charge is -2.43. The van der Waals surface area contributed by atoms with Crippen LogP contribution < -0.4 is 10.4 Å². The Morgan fingerprint density at radius 3 is 2.03 bits per heavy atom. The number of ether oxygens (including phenoxy) is 3. The second kappa shape index (κ2) is 8.73. The first-order chi connectivity index (χ1) is 15.2. The van der Waals surface area contributed by atoms with Crippen molar-refractivity contribution in [2.24, 2.45) is 5.92 Å². The molecule has 0 aliphatic carbocycles. The van der Waals surface area contributed by atoms with E-state index >= 15 is 0 Å². The fourth-order valence-corrected chi connectivity index (χ4v) is 9.67. The summed E-state index contributed by atoms with van der Waals surface area (Å²) in [6.45, 7) is 18.7. The van der Waals surface area contributed by atoms with Crippen molar-refractivity contribution in [1.29, 1.82) is 0 Å². The normalized spacial score (nSPS) is 27.1. The molecule has 0 bridgehead atoms. The van der Waals surface area contributed by atoms with Gasteiger partial charge >= 0.3 is 0 Å². The lowest BCUT2D eigenvalue weighted by Crippen LogP contribution is -2.67. The summed E-state index contributed by atoms with van der Waals surface area (Å²) < 4.78 is 25.4. The van der Waals surface area contributed by atoms with Gasteiger partial charge in [-0.15, -0.1) is 0 Å². The molecule has 4 atom stereocenters. The van der Waals surface area contributed by atoms with Crippen LogP contribution in [0.2, 0.25) is 5.04 Å². The van der Waals surface area contributed by atoms with Crippen LogP contribution in [-0.4, -0.2) is 45.8 Å². The van der Waals surface area contributed by atoms with Gasteiger partial charge in [-0.05, 0) is 29.3 Å². The third-order valence-electron chi connectivity index (χ3n) is 6.48. The summed E-state index contributed by atoms with van der Waals surface area (Å²) in [5.74, 6) is -0.781. The smallest absolute Gasteiger partial charge is 0.261 e. The zero-order valence-electron chi connectivity index (χ0n) is 19.6. The standard InChI is InChI=1S/C26H33NO4Si/c1-25(2,3)32(19-13-9-7-10-14-19,20-15-11-8-12-16-20)28-18-22-21(17-27-6)23-24(29-22)31-26(4,5)30-23/h7-16,21-24H,17-18H2,1-5H3/t21-,22-,23-,24-/m1/s1. The molecule has 2 fully saturated rings. The maximum absolute atomic E-state index is 7.47. The van der Waals surface area contributed by atoms with Crippen LogP contribution in [0, 0.1) is 12.5 Å². The Labute approximate surface area is 192 Å². The molecule has 4 rings (SSSR count). The van der Waals surface area contributed by atoms with E-state index < -0.39 is 20.4 Å². The minimum Gasteiger partial charge on any atom is -0.405 e. The predicted molar refractivity (Wildman–Crippen MR) is 127 cm³/mol. The van der Waals surface area contributed by atoms with Crippen molar-refractivity contribution in [3.05, 3.63) is 72.1 Å². The number of hydrogen-bond donors (Lipinski definition) is 0. The highest BCUT2D eigenvalue weighted by atomic mass is 28.4. The summed E-state index contributed by atoms with van der Waals surface area (Å²) in [5.41, 5.74) is 0. The van der Waals surface area contributed by atoms with Gasteiger partial charge in [0.25, 0.3) is 8.32 Å². The van der Waals surface area contributed by atoms with Gasteiger partial charge in [0.2, 0.25) is 6.54 Å². The molecule has 5 nitrogen and oxygen atoms in total. The molecule has 0 N–H and O–H groups in total. The Morgan fingerprint density at radius 1 is 0.969 bits per heavy atom. The van der Waals surface area contributed by atoms with E-state index in [2.05, 4.69) is 74.1 Å². The van der Waals surface area contributed by atoms with E-state index in [9.17, 15) is 0 Å². The molecular weight excluding hydrogens is 418 g/mol. The predicted octanol–water partition coefficient (Wildman–Crippen LogP) is 3.97. The second-order valence-corrected chi connectivity index (χ2v) is 14.4. The molecule has 0 radical (unpaired) electrons. The molecule has 0 unspecified atom stereocenters. The zero-order valence-corrected chi connectivity index (χ0v) is 20.6. The van der Waals surface area contributed by atoms with Gasteiger partial charge in [-0.1, -0.05) is 81.4 Å². The van der Waals surface area contributed by atoms with Crippen molar-refractivity contribution in [3.63, 3.8) is 0 Å². The van der Waals surface area contributed by atoms with Gasteiger partial charge in [-0.3, -0.25) is 0 Å². The van der Waals surface area contributed by atoms with Gasteiger partial charge in [-0.2, -0.15) is 0 Å². The topological polar surface area (TPSA) is 41.3 Å². The lowest BCUT2D eigenvalue weighted by atomic mass is 9.99. The van der Waals surface area contributed by atoms with Crippen LogP contribution in [0.4, 0.5) is 0 Å². The highest BCUT2D eigenvalue weighted by Crippen LogP contribution is 2.42. The number of benzene rings is 2. The van der Waals surface area contributed by atoms with Crippen LogP contribution in [0.15, 0.2) is 60.7 Å². The summed E-state index contributed by atoms with van der Waals surface area (Å²) in [7, 11) is -2.67. The minimum absolute atomic E-state index is 0.0857. The first kappa shape index (κ1) is 23.2. The van der Waals surface area contributed by atoms with Gasteiger partial charge in [0.15, 0.2) is 12.1 Å². The van der Waals surface area contributed by atoms with Crippen LogP contribution in [0.3, 0.4) is 0 Å². The molecule has 2 aliphatic rings. The van der Waals surface area contributed by atoms with Gasteiger partial charge < -0.3 is 23.5 Å². The maximum atomic E-state index is 7.47. The first-order valence-electron chi connectivity index (χ1n) is 11.3. The Hall–Kier alpha value is -2.01. The number of hydrogen-bond acceptors (Lipinski definition) is 4. The Bertz CT molecular complexity index is 912. The summed E-state index contributed by atoms with van der Waals surface area (Å²) in [4.78, 5) is 3.68. The van der Waals surface area contributed by atoms with Crippen LogP contribution in [0.5, 0.6) is 0 Å². The van der Waals surface area contributed by atoms with Crippen molar-refractivity contribution in [1.82, 2.24) is 0 Å². The number of fused-ring (bicyclic) bond motifs is 1. The fraction of sp³-hybridized carbons (Fsp3) is 0.500. The maximum Gasteiger partial charge on any atom is 0.261 e. The lowest BCUT2D eigenvalue weighted by molar-refractivity contribution is -0.212. The average molecular weight is 452 g/mol. The Morgan fingerprint density at radius 2 is 1.53 bits per heavy atom. The van der Waals surface area contributed by atoms with E-state index in [1.807, 2.05) is 26.0 Å². The Kier molecular flexibility index (Phi) is 6.32. The Balaban J connectivity index is 1.68. The molecule has 2 heterocycles. The van der Waals surface area contributed by atoms with Crippen molar-refractivity contribution in [3.8, 4) is 0 Å². The third-order valence-corrected chi connectivity index (χ3v) is 11.5. The molecular formula is C26H33NO4Si. The van der Waals surface area contributed by atoms with Crippen LogP contribution in [-0.2, 0) is 18.6 Å². The second-order valence-electron chi connectivity index (χ2n) is 10.1. The van der Waals surface area contributed by atoms with E-state index in [4.69, 9.17) is 25.2 Å². The highest BCUT2D eigenvalue weighted by molar-refractivity contribution is 6.99. The highest BCUT2D eigenvalue weighted by Gasteiger charge is 2.57. The molecule has 2 aromatic rings. The molecule has 2 aliphatic heterocycles. The van der Waals surface area contributed by atoms with E-state index in [1.165, 1.54) is 10.4 Å². The van der Waals surface area contributed by atoms with Gasteiger partial charge in [0.05, 0.1) is 18.6 Å². The quantitative estimate of drug-likeness (QED) is 0.492. The van der Waals surface area contributed by atoms with Crippen LogP contribution >= 0.6 is 0 Å². The summed E-state index contributed by atoms with van der Waals surface area (Å²) >= 11 is 0. The number of rotatable bonds is 6. The van der Waals surface area contributed by atoms with Crippen molar-refractivity contribution < 1.29 is 18.6 Å². The molecule has 0 spiro atoms. The van der Waals surface area contributed by atoms with E-state index in [-0.39, 0.29) is 23.2 Å². The van der Waals surface area contributed by atoms with Crippen molar-refractivity contribution >= 4 is 18.7 Å². The molecule has 2 aromatic carbocycles. The average Bonchev–Trinajstić information content (AvgIpc) is 3.21. The van der Waals surface area contributed by atoms with Crippen LogP contribution in [0.1, 0.15) is 34.6 Å². The molecule has 6 heteroatoms. The molecule has 32 heavy (non-hydrogen) atoms. The number of nitrogens with zero attached hydrogens (tertiary/aromatic N) is 1. The molecule has 2 saturated heterocycles. The summed E-state index contributed by atoms with van der Waals surface area (Å²) in [5, 5.41) is 2.34. The zero-order chi connectivity index (χ0) is 23.0. The summed E-state index contributed by atoms with van der Waals surface area (Å²) in [6, 6.07) is 21.1. The summed E-state index contributed by atoms with van der Waals surface area (Å²) in [6.07, 6.45) is -0.951. The van der Waals surface area contributed by atoms with Crippen molar-refractivity contribution in [2.75, 3.05) is 13.2 Å². The SMILES string of the molecule is [C-]#[N+]C[C@H]1[C@H]2OC(C)(C)O[C@H]2O[C@@H]1CO[Si](c1ccccc1)(c1ccccc1)C(C)(C)C. The molecule has 0 amide bonds. The molecule has 170 valence electrons. The van der Waals surface area contributed by atoms with Gasteiger partial charge in [0, 0.05) is 0 Å².